The lowest BCUT2D eigenvalue weighted by Gasteiger charge is -1.99. The number of hydrogen-bond acceptors (Lipinski definition) is 2. The van der Waals surface area contributed by atoms with Gasteiger partial charge in [0.15, 0.2) is 0 Å². The van der Waals surface area contributed by atoms with E-state index in [4.69, 9.17) is 0 Å². The van der Waals surface area contributed by atoms with Crippen LogP contribution in [-0.4, -0.2) is 9.91 Å². The van der Waals surface area contributed by atoms with Crippen molar-refractivity contribution in [2.24, 2.45) is 0 Å². The Balaban J connectivity index is 0.000000167. The van der Waals surface area contributed by atoms with Gasteiger partial charge in [-0.3, -0.25) is 10.1 Å². The summed E-state index contributed by atoms with van der Waals surface area (Å²) >= 11 is 6.29. The molecule has 8 heteroatoms. The fourth-order valence-corrected chi connectivity index (χ4v) is 2.90. The molecule has 0 bridgehead atoms. The summed E-state index contributed by atoms with van der Waals surface area (Å²) in [5.41, 5.74) is 1.04. The second-order valence-corrected chi connectivity index (χ2v) is 6.32. The highest BCUT2D eigenvalue weighted by Gasteiger charge is 2.14. The van der Waals surface area contributed by atoms with E-state index in [-0.39, 0.29) is 11.5 Å². The molecule has 3 aromatic rings. The zero-order valence-electron chi connectivity index (χ0n) is 11.7. The predicted molar refractivity (Wildman–Crippen MR) is 91.4 cm³/mol. The molecule has 4 nitrogen and oxygen atoms in total. The second kappa shape index (κ2) is 7.18. The lowest BCUT2D eigenvalue weighted by Crippen LogP contribution is -1.93. The van der Waals surface area contributed by atoms with E-state index < -0.39 is 10.7 Å². The third-order valence-corrected chi connectivity index (χ3v) is 4.54. The first kappa shape index (κ1) is 17.6. The maximum atomic E-state index is 12.7. The molecule has 0 aliphatic carbocycles. The fraction of sp³-hybridized carbons (Fsp3) is 0.0667. The quantitative estimate of drug-likeness (QED) is 0.374. The van der Waals surface area contributed by atoms with Gasteiger partial charge >= 0.3 is 0 Å². The summed E-state index contributed by atoms with van der Waals surface area (Å²) in [4.78, 5) is 12.7. The number of nitro groups is 1. The molecule has 0 aliphatic rings. The van der Waals surface area contributed by atoms with Crippen LogP contribution in [0.3, 0.4) is 0 Å². The van der Waals surface area contributed by atoms with Gasteiger partial charge in [-0.2, -0.15) is 0 Å². The summed E-state index contributed by atoms with van der Waals surface area (Å²) in [6.45, 7) is 1.56. The minimum Gasteiger partial charge on any atom is -0.361 e. The molecule has 2 aromatic carbocycles. The fourth-order valence-electron chi connectivity index (χ4n) is 1.91. The molecule has 0 fully saturated rings. The largest absolute Gasteiger partial charge is 0.361 e. The highest BCUT2D eigenvalue weighted by atomic mass is 79.9. The van der Waals surface area contributed by atoms with Crippen molar-refractivity contribution >= 4 is 48.5 Å². The van der Waals surface area contributed by atoms with Gasteiger partial charge in [0.1, 0.15) is 11.6 Å². The van der Waals surface area contributed by atoms with Crippen molar-refractivity contribution in [1.29, 1.82) is 0 Å². The standard InChI is InChI=1S/C8H5BrFN.C7H5BrFNO2/c9-7-3-5(10)4-8-6(7)1-2-11-8;1-4-6(8)2-5(9)3-7(4)10(11)12/h1-4,11H;2-3H,1H3. The number of rotatable bonds is 1. The van der Waals surface area contributed by atoms with Crippen molar-refractivity contribution in [3.8, 4) is 0 Å². The van der Waals surface area contributed by atoms with Gasteiger partial charge in [0.05, 0.1) is 11.0 Å². The summed E-state index contributed by atoms with van der Waals surface area (Å²) < 4.78 is 26.6. The molecule has 23 heavy (non-hydrogen) atoms. The molecular weight excluding hydrogens is 438 g/mol. The normalized spacial score (nSPS) is 10.3. The summed E-state index contributed by atoms with van der Waals surface area (Å²) in [7, 11) is 0. The van der Waals surface area contributed by atoms with Crippen LogP contribution in [0.5, 0.6) is 0 Å². The molecule has 0 amide bonds. The van der Waals surface area contributed by atoms with Crippen LogP contribution in [0, 0.1) is 28.7 Å². The van der Waals surface area contributed by atoms with E-state index in [9.17, 15) is 18.9 Å². The van der Waals surface area contributed by atoms with Gasteiger partial charge in [0, 0.05) is 31.6 Å². The average molecular weight is 448 g/mol. The van der Waals surface area contributed by atoms with Crippen molar-refractivity contribution in [2.45, 2.75) is 6.92 Å². The zero-order chi connectivity index (χ0) is 17.1. The minimum atomic E-state index is -0.612. The molecule has 1 N–H and O–H groups in total. The van der Waals surface area contributed by atoms with Gasteiger partial charge in [0.2, 0.25) is 0 Å². The Morgan fingerprint density at radius 2 is 1.70 bits per heavy atom. The number of nitrogens with one attached hydrogen (secondary N) is 1. The van der Waals surface area contributed by atoms with E-state index in [0.29, 0.717) is 10.0 Å². The number of benzene rings is 2. The molecule has 0 aliphatic heterocycles. The maximum absolute atomic E-state index is 12.7. The first-order valence-corrected chi connectivity index (χ1v) is 7.90. The van der Waals surface area contributed by atoms with Gasteiger partial charge in [-0.05, 0) is 47.1 Å². The summed E-state index contributed by atoms with van der Waals surface area (Å²) in [5, 5.41) is 11.4. The molecule has 0 saturated heterocycles. The lowest BCUT2D eigenvalue weighted by atomic mass is 10.2. The topological polar surface area (TPSA) is 58.9 Å². The molecule has 0 spiro atoms. The number of nitro benzene ring substituents is 1. The Morgan fingerprint density at radius 1 is 1.09 bits per heavy atom. The number of fused-ring (bicyclic) bond motifs is 1. The number of hydrogen-bond donors (Lipinski definition) is 1. The molecular formula is C15H10Br2F2N2O2. The molecule has 0 unspecified atom stereocenters. The predicted octanol–water partition coefficient (Wildman–Crippen LogP) is 5.87. The molecule has 0 atom stereocenters. The second-order valence-electron chi connectivity index (χ2n) is 4.62. The van der Waals surface area contributed by atoms with E-state index in [1.54, 1.807) is 13.1 Å². The van der Waals surface area contributed by atoms with Crippen molar-refractivity contribution in [3.63, 3.8) is 0 Å². The van der Waals surface area contributed by atoms with Crippen molar-refractivity contribution < 1.29 is 13.7 Å². The van der Waals surface area contributed by atoms with Gasteiger partial charge in [-0.25, -0.2) is 8.78 Å². The Kier molecular flexibility index (Phi) is 5.48. The highest BCUT2D eigenvalue weighted by Crippen LogP contribution is 2.27. The number of nitrogens with zero attached hydrogens (tertiary/aromatic N) is 1. The van der Waals surface area contributed by atoms with Crippen LogP contribution in [0.4, 0.5) is 14.5 Å². The van der Waals surface area contributed by atoms with Crippen LogP contribution >= 0.6 is 31.9 Å². The monoisotopic (exact) mass is 446 g/mol. The van der Waals surface area contributed by atoms with Gasteiger partial charge in [0.25, 0.3) is 5.69 Å². The number of aromatic amines is 1. The number of aromatic nitrogens is 1. The first-order chi connectivity index (χ1) is 10.8. The molecule has 0 radical (unpaired) electrons. The van der Waals surface area contributed by atoms with Gasteiger partial charge in [-0.1, -0.05) is 15.9 Å². The van der Waals surface area contributed by atoms with Gasteiger partial charge < -0.3 is 4.98 Å². The Morgan fingerprint density at radius 3 is 2.35 bits per heavy atom. The van der Waals surface area contributed by atoms with Crippen molar-refractivity contribution in [2.75, 3.05) is 0 Å². The van der Waals surface area contributed by atoms with E-state index in [1.165, 1.54) is 18.2 Å². The van der Waals surface area contributed by atoms with Crippen LogP contribution in [-0.2, 0) is 0 Å². The summed E-state index contributed by atoms with van der Waals surface area (Å²) in [6.07, 6.45) is 1.79. The van der Waals surface area contributed by atoms with E-state index in [2.05, 4.69) is 36.8 Å². The number of H-pyrrole nitrogens is 1. The smallest absolute Gasteiger partial charge is 0.276 e. The zero-order valence-corrected chi connectivity index (χ0v) is 14.9. The molecule has 3 rings (SSSR count). The lowest BCUT2D eigenvalue weighted by molar-refractivity contribution is -0.385. The Hall–Kier alpha value is -1.80. The van der Waals surface area contributed by atoms with Crippen molar-refractivity contribution in [3.05, 3.63) is 72.8 Å². The summed E-state index contributed by atoms with van der Waals surface area (Å²) in [5.74, 6) is -0.842. The van der Waals surface area contributed by atoms with Crippen LogP contribution < -0.4 is 0 Å². The Labute approximate surface area is 146 Å². The average Bonchev–Trinajstić information content (AvgIpc) is 2.91. The first-order valence-electron chi connectivity index (χ1n) is 6.31. The van der Waals surface area contributed by atoms with Crippen LogP contribution in [0.2, 0.25) is 0 Å². The van der Waals surface area contributed by atoms with Crippen molar-refractivity contribution in [1.82, 2.24) is 4.98 Å². The van der Waals surface area contributed by atoms with Crippen LogP contribution in [0.1, 0.15) is 5.56 Å². The van der Waals surface area contributed by atoms with Crippen LogP contribution in [0.25, 0.3) is 10.9 Å². The molecule has 120 valence electrons. The van der Waals surface area contributed by atoms with Gasteiger partial charge in [-0.15, -0.1) is 0 Å². The van der Waals surface area contributed by atoms with E-state index >= 15 is 0 Å². The molecule has 1 aromatic heterocycles. The summed E-state index contributed by atoms with van der Waals surface area (Å²) in [6, 6.07) is 6.93. The highest BCUT2D eigenvalue weighted by molar-refractivity contribution is 9.11. The minimum absolute atomic E-state index is 0.207. The SMILES string of the molecule is Cc1c(Br)cc(F)cc1[N+](=O)[O-].Fc1cc(Br)c2cc[nH]c2c1. The number of halogens is 4. The maximum Gasteiger partial charge on any atom is 0.276 e. The van der Waals surface area contributed by atoms with E-state index in [0.717, 1.165) is 21.4 Å². The Bertz CT molecular complexity index is 881. The molecule has 1 heterocycles. The third-order valence-electron chi connectivity index (χ3n) is 3.06. The third kappa shape index (κ3) is 4.14. The van der Waals surface area contributed by atoms with Crippen LogP contribution in [0.15, 0.2) is 45.5 Å². The van der Waals surface area contributed by atoms with E-state index in [1.807, 2.05) is 6.07 Å². The molecule has 0 saturated carbocycles.